The fourth-order valence-electron chi connectivity index (χ4n) is 1.49. The molecule has 1 aromatic heterocycles. The first-order chi connectivity index (χ1) is 8.76. The number of unbranched alkanes of at least 4 members (excludes halogenated alkanes) is 2. The molecule has 0 saturated heterocycles. The van der Waals surface area contributed by atoms with E-state index >= 15 is 0 Å². The van der Waals surface area contributed by atoms with Gasteiger partial charge in [-0.2, -0.15) is 11.8 Å². The predicted octanol–water partition coefficient (Wildman–Crippen LogP) is 0.386. The highest BCUT2D eigenvalue weighted by Gasteiger charge is 2.04. The van der Waals surface area contributed by atoms with Crippen LogP contribution in [0.3, 0.4) is 0 Å². The molecule has 1 rings (SSSR count). The molecular weight excluding hydrogens is 250 g/mol. The number of hydrogen-bond donors (Lipinski definition) is 2. The Labute approximate surface area is 112 Å². The maximum atomic E-state index is 11.6. The summed E-state index contributed by atoms with van der Waals surface area (Å²) in [5.74, 6) is 1.16. The van der Waals surface area contributed by atoms with Crippen molar-refractivity contribution in [3.63, 3.8) is 0 Å². The summed E-state index contributed by atoms with van der Waals surface area (Å²) in [7, 11) is 0. The molecule has 18 heavy (non-hydrogen) atoms. The highest BCUT2D eigenvalue weighted by Crippen LogP contribution is 2.01. The van der Waals surface area contributed by atoms with Crippen LogP contribution in [-0.4, -0.2) is 39.5 Å². The molecular formula is C11H21N5OS. The van der Waals surface area contributed by atoms with Crippen molar-refractivity contribution in [2.45, 2.75) is 32.4 Å². The molecule has 7 heteroatoms. The molecule has 6 nitrogen and oxygen atoms in total. The maximum absolute atomic E-state index is 11.6. The molecule has 1 amide bonds. The van der Waals surface area contributed by atoms with E-state index in [1.807, 2.05) is 11.8 Å². The second-order valence-corrected chi connectivity index (χ2v) is 5.00. The second kappa shape index (κ2) is 8.93. The van der Waals surface area contributed by atoms with E-state index in [4.69, 9.17) is 5.73 Å². The normalized spacial score (nSPS) is 10.6. The van der Waals surface area contributed by atoms with Gasteiger partial charge in [0.15, 0.2) is 0 Å². The largest absolute Gasteiger partial charge is 0.354 e. The summed E-state index contributed by atoms with van der Waals surface area (Å²) in [5.41, 5.74) is 6.11. The Kier molecular flexibility index (Phi) is 7.43. The van der Waals surface area contributed by atoms with E-state index < -0.39 is 0 Å². The molecule has 0 unspecified atom stereocenters. The Balaban J connectivity index is 2.10. The predicted molar refractivity (Wildman–Crippen MR) is 73.2 cm³/mol. The van der Waals surface area contributed by atoms with Gasteiger partial charge in [0.05, 0.1) is 11.9 Å². The zero-order valence-corrected chi connectivity index (χ0v) is 11.6. The topological polar surface area (TPSA) is 85.8 Å². The molecule has 0 aromatic carbocycles. The van der Waals surface area contributed by atoms with Crippen molar-refractivity contribution in [2.24, 2.45) is 5.73 Å². The lowest BCUT2D eigenvalue weighted by Gasteiger charge is -2.04. The van der Waals surface area contributed by atoms with Crippen molar-refractivity contribution in [3.05, 3.63) is 11.9 Å². The van der Waals surface area contributed by atoms with E-state index in [-0.39, 0.29) is 12.5 Å². The minimum absolute atomic E-state index is 0.0339. The lowest BCUT2D eigenvalue weighted by molar-refractivity contribution is -0.121. The molecule has 0 aliphatic carbocycles. The van der Waals surface area contributed by atoms with Crippen molar-refractivity contribution < 1.29 is 4.79 Å². The van der Waals surface area contributed by atoms with Crippen LogP contribution in [0, 0.1) is 0 Å². The average molecular weight is 271 g/mol. The van der Waals surface area contributed by atoms with E-state index in [9.17, 15) is 4.79 Å². The molecule has 0 bridgehead atoms. The molecule has 0 saturated carbocycles. The minimum atomic E-state index is -0.0339. The van der Waals surface area contributed by atoms with Crippen molar-refractivity contribution >= 4 is 17.7 Å². The van der Waals surface area contributed by atoms with E-state index in [2.05, 4.69) is 21.9 Å². The van der Waals surface area contributed by atoms with Gasteiger partial charge in [0.1, 0.15) is 6.54 Å². The van der Waals surface area contributed by atoms with Crippen LogP contribution in [0.2, 0.25) is 0 Å². The summed E-state index contributed by atoms with van der Waals surface area (Å²) in [6.45, 7) is 1.28. The Morgan fingerprint density at radius 1 is 1.50 bits per heavy atom. The highest BCUT2D eigenvalue weighted by atomic mass is 32.2. The molecule has 0 spiro atoms. The first-order valence-electron chi connectivity index (χ1n) is 6.11. The maximum Gasteiger partial charge on any atom is 0.241 e. The molecule has 0 radical (unpaired) electrons. The number of aromatic nitrogens is 3. The van der Waals surface area contributed by atoms with Gasteiger partial charge in [-0.15, -0.1) is 5.10 Å². The summed E-state index contributed by atoms with van der Waals surface area (Å²) in [6.07, 6.45) is 7.19. The highest BCUT2D eigenvalue weighted by molar-refractivity contribution is 7.98. The lowest BCUT2D eigenvalue weighted by Crippen LogP contribution is -2.28. The van der Waals surface area contributed by atoms with Gasteiger partial charge in [-0.3, -0.25) is 4.79 Å². The summed E-state index contributed by atoms with van der Waals surface area (Å²) >= 11 is 1.86. The summed E-state index contributed by atoms with van der Waals surface area (Å²) in [4.78, 5) is 11.6. The number of carbonyl (C=O) groups is 1. The van der Waals surface area contributed by atoms with Gasteiger partial charge < -0.3 is 11.1 Å². The molecule has 0 fully saturated rings. The number of amides is 1. The number of carbonyl (C=O) groups excluding carboxylic acids is 1. The second-order valence-electron chi connectivity index (χ2n) is 4.01. The number of nitrogens with two attached hydrogens (primary N) is 1. The smallest absolute Gasteiger partial charge is 0.241 e. The van der Waals surface area contributed by atoms with Crippen LogP contribution in [0.15, 0.2) is 6.20 Å². The van der Waals surface area contributed by atoms with E-state index in [0.717, 1.165) is 19.4 Å². The zero-order valence-electron chi connectivity index (χ0n) is 10.8. The van der Waals surface area contributed by atoms with Crippen LogP contribution in [-0.2, 0) is 17.9 Å². The average Bonchev–Trinajstić information content (AvgIpc) is 2.81. The first-order valence-corrected chi connectivity index (χ1v) is 7.50. The number of nitrogens with one attached hydrogen (secondary N) is 1. The number of hydrogen-bond acceptors (Lipinski definition) is 5. The van der Waals surface area contributed by atoms with Gasteiger partial charge in [0.25, 0.3) is 0 Å². The fraction of sp³-hybridized carbons (Fsp3) is 0.727. The Morgan fingerprint density at radius 3 is 3.00 bits per heavy atom. The third-order valence-corrected chi connectivity index (χ3v) is 3.15. The van der Waals surface area contributed by atoms with Crippen LogP contribution >= 0.6 is 11.8 Å². The first kappa shape index (κ1) is 15.0. The molecule has 0 atom stereocenters. The van der Waals surface area contributed by atoms with Crippen molar-refractivity contribution in [2.75, 3.05) is 18.6 Å². The summed E-state index contributed by atoms with van der Waals surface area (Å²) in [6, 6.07) is 0. The quantitative estimate of drug-likeness (QED) is 0.634. The van der Waals surface area contributed by atoms with Crippen LogP contribution < -0.4 is 11.1 Å². The zero-order chi connectivity index (χ0) is 13.2. The van der Waals surface area contributed by atoms with Gasteiger partial charge in [-0.05, 0) is 24.9 Å². The lowest BCUT2D eigenvalue weighted by atomic mass is 10.2. The van der Waals surface area contributed by atoms with Crippen LogP contribution in [0.4, 0.5) is 0 Å². The van der Waals surface area contributed by atoms with Crippen molar-refractivity contribution in [1.29, 1.82) is 0 Å². The van der Waals surface area contributed by atoms with E-state index in [1.54, 1.807) is 6.20 Å². The Bertz CT molecular complexity index is 355. The minimum Gasteiger partial charge on any atom is -0.354 e. The van der Waals surface area contributed by atoms with Crippen LogP contribution in [0.5, 0.6) is 0 Å². The van der Waals surface area contributed by atoms with Gasteiger partial charge in [-0.25, -0.2) is 4.68 Å². The number of thioether (sulfide) groups is 1. The third-order valence-electron chi connectivity index (χ3n) is 2.45. The van der Waals surface area contributed by atoms with Crippen LogP contribution in [0.1, 0.15) is 25.0 Å². The van der Waals surface area contributed by atoms with Crippen molar-refractivity contribution in [1.82, 2.24) is 20.3 Å². The van der Waals surface area contributed by atoms with E-state index in [1.165, 1.54) is 16.9 Å². The summed E-state index contributed by atoms with van der Waals surface area (Å²) in [5, 5.41) is 10.5. The van der Waals surface area contributed by atoms with Gasteiger partial charge >= 0.3 is 0 Å². The van der Waals surface area contributed by atoms with Gasteiger partial charge in [0.2, 0.25) is 5.91 Å². The van der Waals surface area contributed by atoms with Crippen molar-refractivity contribution in [3.8, 4) is 0 Å². The number of nitrogens with zero attached hydrogens (tertiary/aromatic N) is 3. The number of rotatable bonds is 9. The van der Waals surface area contributed by atoms with E-state index in [0.29, 0.717) is 12.2 Å². The molecule has 0 aliphatic heterocycles. The van der Waals surface area contributed by atoms with Crippen LogP contribution in [0.25, 0.3) is 0 Å². The SMILES string of the molecule is CSCCCCCNC(=O)Cn1cc(CN)nn1. The molecule has 102 valence electrons. The Morgan fingerprint density at radius 2 is 2.33 bits per heavy atom. The molecule has 0 aliphatic rings. The fourth-order valence-corrected chi connectivity index (χ4v) is 1.98. The molecule has 1 heterocycles. The molecule has 1 aromatic rings. The monoisotopic (exact) mass is 271 g/mol. The summed E-state index contributed by atoms with van der Waals surface area (Å²) < 4.78 is 1.51. The van der Waals surface area contributed by atoms with Gasteiger partial charge in [0, 0.05) is 13.1 Å². The van der Waals surface area contributed by atoms with Gasteiger partial charge in [-0.1, -0.05) is 11.6 Å². The standard InChI is InChI=1S/C11H21N5OS/c1-18-6-4-2-3-5-13-11(17)9-16-8-10(7-12)14-15-16/h8H,2-7,9,12H2,1H3,(H,13,17). The molecule has 3 N–H and O–H groups in total. The Hall–Kier alpha value is -1.08. The third kappa shape index (κ3) is 6.02.